The molecule has 0 aromatic heterocycles. The largest absolute Gasteiger partial charge is 0.396 e. The SMILES string of the molecule is O=C1CCC(C(=O)N2CCCC(CCO)C2)CN1. The van der Waals surface area contributed by atoms with Crippen LogP contribution in [0.4, 0.5) is 0 Å². The molecule has 2 aliphatic heterocycles. The molecule has 0 bridgehead atoms. The predicted octanol–water partition coefficient (Wildman–Crippen LogP) is 0.134. The minimum Gasteiger partial charge on any atom is -0.396 e. The van der Waals surface area contributed by atoms with Gasteiger partial charge in [0.15, 0.2) is 0 Å². The van der Waals surface area contributed by atoms with Crippen LogP contribution in [0.15, 0.2) is 0 Å². The number of nitrogens with one attached hydrogen (secondary N) is 1. The molecule has 2 N–H and O–H groups in total. The number of carbonyl (C=O) groups excluding carboxylic acids is 2. The highest BCUT2D eigenvalue weighted by Crippen LogP contribution is 2.22. The number of aliphatic hydroxyl groups is 1. The second kappa shape index (κ2) is 6.18. The molecular weight excluding hydrogens is 232 g/mol. The molecule has 0 saturated carbocycles. The third-order valence-electron chi connectivity index (χ3n) is 3.98. The first-order valence-electron chi connectivity index (χ1n) is 6.87. The minimum atomic E-state index is -0.0458. The smallest absolute Gasteiger partial charge is 0.227 e. The Balaban J connectivity index is 1.86. The number of hydrogen-bond donors (Lipinski definition) is 2. The van der Waals surface area contributed by atoms with E-state index in [9.17, 15) is 9.59 Å². The van der Waals surface area contributed by atoms with E-state index < -0.39 is 0 Å². The van der Waals surface area contributed by atoms with Crippen LogP contribution in [-0.4, -0.2) is 48.1 Å². The second-order valence-corrected chi connectivity index (χ2v) is 5.34. The summed E-state index contributed by atoms with van der Waals surface area (Å²) in [5.41, 5.74) is 0. The predicted molar refractivity (Wildman–Crippen MR) is 66.7 cm³/mol. The molecule has 0 aliphatic carbocycles. The van der Waals surface area contributed by atoms with Crippen molar-refractivity contribution in [3.63, 3.8) is 0 Å². The summed E-state index contributed by atoms with van der Waals surface area (Å²) in [6.07, 6.45) is 4.04. The van der Waals surface area contributed by atoms with Crippen molar-refractivity contribution in [1.82, 2.24) is 10.2 Å². The summed E-state index contributed by atoms with van der Waals surface area (Å²) in [5.74, 6) is 0.620. The van der Waals surface area contributed by atoms with Gasteiger partial charge in [0.2, 0.25) is 11.8 Å². The third kappa shape index (κ3) is 3.22. The van der Waals surface area contributed by atoms with Crippen LogP contribution in [-0.2, 0) is 9.59 Å². The lowest BCUT2D eigenvalue weighted by molar-refractivity contribution is -0.139. The van der Waals surface area contributed by atoms with Crippen molar-refractivity contribution in [2.24, 2.45) is 11.8 Å². The normalized spacial score (nSPS) is 28.9. The lowest BCUT2D eigenvalue weighted by Crippen LogP contribution is -2.48. The van der Waals surface area contributed by atoms with Gasteiger partial charge in [0.05, 0.1) is 5.92 Å². The summed E-state index contributed by atoms with van der Waals surface area (Å²) in [4.78, 5) is 25.3. The third-order valence-corrected chi connectivity index (χ3v) is 3.98. The molecule has 2 amide bonds. The van der Waals surface area contributed by atoms with Crippen LogP contribution in [0.1, 0.15) is 32.1 Å². The van der Waals surface area contributed by atoms with Crippen molar-refractivity contribution in [3.05, 3.63) is 0 Å². The van der Waals surface area contributed by atoms with Crippen LogP contribution < -0.4 is 5.32 Å². The van der Waals surface area contributed by atoms with E-state index in [0.717, 1.165) is 32.4 Å². The first kappa shape index (κ1) is 13.3. The first-order chi connectivity index (χ1) is 8.70. The van der Waals surface area contributed by atoms with E-state index in [0.29, 0.717) is 25.3 Å². The Morgan fingerprint density at radius 1 is 1.44 bits per heavy atom. The van der Waals surface area contributed by atoms with Crippen molar-refractivity contribution in [2.75, 3.05) is 26.2 Å². The van der Waals surface area contributed by atoms with Gasteiger partial charge in [-0.15, -0.1) is 0 Å². The highest BCUT2D eigenvalue weighted by molar-refractivity contribution is 5.83. The van der Waals surface area contributed by atoms with Gasteiger partial charge in [-0.3, -0.25) is 9.59 Å². The zero-order valence-corrected chi connectivity index (χ0v) is 10.7. The lowest BCUT2D eigenvalue weighted by atomic mass is 9.92. The number of piperidine rings is 2. The van der Waals surface area contributed by atoms with Gasteiger partial charge >= 0.3 is 0 Å². The summed E-state index contributed by atoms with van der Waals surface area (Å²) < 4.78 is 0. The van der Waals surface area contributed by atoms with Gasteiger partial charge in [-0.2, -0.15) is 0 Å². The molecule has 0 spiro atoms. The van der Waals surface area contributed by atoms with Crippen molar-refractivity contribution >= 4 is 11.8 Å². The van der Waals surface area contributed by atoms with Crippen molar-refractivity contribution in [3.8, 4) is 0 Å². The fourth-order valence-corrected chi connectivity index (χ4v) is 2.89. The second-order valence-electron chi connectivity index (χ2n) is 5.34. The Bertz CT molecular complexity index is 307. The fourth-order valence-electron chi connectivity index (χ4n) is 2.89. The molecule has 2 saturated heterocycles. The molecule has 0 radical (unpaired) electrons. The fraction of sp³-hybridized carbons (Fsp3) is 0.846. The van der Waals surface area contributed by atoms with Crippen molar-refractivity contribution in [2.45, 2.75) is 32.1 Å². The summed E-state index contributed by atoms with van der Waals surface area (Å²) in [7, 11) is 0. The van der Waals surface area contributed by atoms with Gasteiger partial charge < -0.3 is 15.3 Å². The van der Waals surface area contributed by atoms with E-state index >= 15 is 0 Å². The van der Waals surface area contributed by atoms with Crippen LogP contribution >= 0.6 is 0 Å². The molecule has 0 aromatic rings. The Kier molecular flexibility index (Phi) is 4.58. The van der Waals surface area contributed by atoms with Crippen LogP contribution in [0, 0.1) is 11.8 Å². The summed E-state index contributed by atoms with van der Waals surface area (Å²) in [6.45, 7) is 2.28. The summed E-state index contributed by atoms with van der Waals surface area (Å²) in [6, 6.07) is 0. The van der Waals surface area contributed by atoms with Gasteiger partial charge in [0.1, 0.15) is 0 Å². The minimum absolute atomic E-state index is 0.0458. The number of amides is 2. The Morgan fingerprint density at radius 2 is 2.28 bits per heavy atom. The Labute approximate surface area is 108 Å². The lowest BCUT2D eigenvalue weighted by Gasteiger charge is -2.35. The monoisotopic (exact) mass is 254 g/mol. The van der Waals surface area contributed by atoms with Gasteiger partial charge in [-0.1, -0.05) is 0 Å². The number of likely N-dealkylation sites (tertiary alicyclic amines) is 1. The van der Waals surface area contributed by atoms with Crippen molar-refractivity contribution in [1.29, 1.82) is 0 Å². The zero-order chi connectivity index (χ0) is 13.0. The van der Waals surface area contributed by atoms with Gasteiger partial charge in [0, 0.05) is 32.7 Å². The maximum absolute atomic E-state index is 12.3. The number of carbonyl (C=O) groups is 2. The molecule has 2 heterocycles. The number of hydrogen-bond acceptors (Lipinski definition) is 3. The van der Waals surface area contributed by atoms with E-state index in [4.69, 9.17) is 5.11 Å². The quantitative estimate of drug-likeness (QED) is 0.752. The van der Waals surface area contributed by atoms with E-state index in [-0.39, 0.29) is 24.3 Å². The van der Waals surface area contributed by atoms with Crippen LogP contribution in [0.5, 0.6) is 0 Å². The number of rotatable bonds is 3. The highest BCUT2D eigenvalue weighted by Gasteiger charge is 2.30. The van der Waals surface area contributed by atoms with Crippen LogP contribution in [0.25, 0.3) is 0 Å². The molecule has 5 nitrogen and oxygen atoms in total. The number of nitrogens with zero attached hydrogens (tertiary/aromatic N) is 1. The Hall–Kier alpha value is -1.10. The summed E-state index contributed by atoms with van der Waals surface area (Å²) >= 11 is 0. The van der Waals surface area contributed by atoms with E-state index in [2.05, 4.69) is 5.32 Å². The molecule has 2 aliphatic rings. The van der Waals surface area contributed by atoms with Gasteiger partial charge in [-0.05, 0) is 31.6 Å². The molecule has 2 fully saturated rings. The topological polar surface area (TPSA) is 69.6 Å². The number of aliphatic hydroxyl groups excluding tert-OH is 1. The maximum atomic E-state index is 12.3. The van der Waals surface area contributed by atoms with E-state index in [1.165, 1.54) is 0 Å². The van der Waals surface area contributed by atoms with Crippen LogP contribution in [0.2, 0.25) is 0 Å². The van der Waals surface area contributed by atoms with Crippen molar-refractivity contribution < 1.29 is 14.7 Å². The molecule has 18 heavy (non-hydrogen) atoms. The average molecular weight is 254 g/mol. The molecule has 102 valence electrons. The highest BCUT2D eigenvalue weighted by atomic mass is 16.3. The molecule has 2 unspecified atom stereocenters. The van der Waals surface area contributed by atoms with Gasteiger partial charge in [0.25, 0.3) is 0 Å². The average Bonchev–Trinajstić information content (AvgIpc) is 2.39. The molecule has 5 heteroatoms. The van der Waals surface area contributed by atoms with E-state index in [1.807, 2.05) is 4.90 Å². The van der Waals surface area contributed by atoms with Crippen LogP contribution in [0.3, 0.4) is 0 Å². The Morgan fingerprint density at radius 3 is 2.94 bits per heavy atom. The standard InChI is InChI=1S/C13H22N2O3/c16-7-5-10-2-1-6-15(9-10)13(18)11-3-4-12(17)14-8-11/h10-11,16H,1-9H2,(H,14,17). The molecule has 2 atom stereocenters. The molecule has 2 rings (SSSR count). The summed E-state index contributed by atoms with van der Waals surface area (Å²) in [5, 5.41) is 11.7. The first-order valence-corrected chi connectivity index (χ1v) is 6.87. The zero-order valence-electron chi connectivity index (χ0n) is 10.7. The molecule has 0 aromatic carbocycles. The molecular formula is C13H22N2O3. The maximum Gasteiger partial charge on any atom is 0.227 e. The van der Waals surface area contributed by atoms with E-state index in [1.54, 1.807) is 0 Å². The van der Waals surface area contributed by atoms with Gasteiger partial charge in [-0.25, -0.2) is 0 Å².